The van der Waals surface area contributed by atoms with Crippen molar-refractivity contribution in [2.75, 3.05) is 19.6 Å². The molecule has 158 valence electrons. The van der Waals surface area contributed by atoms with E-state index in [0.29, 0.717) is 25.2 Å². The Bertz CT molecular complexity index is 885. The van der Waals surface area contributed by atoms with Gasteiger partial charge in [0.1, 0.15) is 5.82 Å². The molecule has 0 unspecified atom stereocenters. The number of hydrogen-bond donors (Lipinski definition) is 0. The molecule has 0 aromatic heterocycles. The Kier molecular flexibility index (Phi) is 7.39. The van der Waals surface area contributed by atoms with Gasteiger partial charge in [0.05, 0.1) is 0 Å². The summed E-state index contributed by atoms with van der Waals surface area (Å²) in [5.74, 6) is -0.261. The van der Waals surface area contributed by atoms with Gasteiger partial charge in [-0.2, -0.15) is 0 Å². The predicted molar refractivity (Wildman–Crippen MR) is 117 cm³/mol. The van der Waals surface area contributed by atoms with Crippen molar-refractivity contribution < 1.29 is 14.0 Å². The van der Waals surface area contributed by atoms with E-state index in [9.17, 15) is 14.0 Å². The molecule has 3 rings (SSSR count). The van der Waals surface area contributed by atoms with Crippen LogP contribution in [-0.4, -0.2) is 47.3 Å². The molecule has 2 aromatic carbocycles. The lowest BCUT2D eigenvalue weighted by atomic mass is 10.0. The third-order valence-electron chi connectivity index (χ3n) is 5.60. The van der Waals surface area contributed by atoms with Gasteiger partial charge in [-0.15, -0.1) is 0 Å². The molecule has 0 N–H and O–H groups in total. The van der Waals surface area contributed by atoms with Gasteiger partial charge in [-0.3, -0.25) is 9.59 Å². The molecule has 1 fully saturated rings. The van der Waals surface area contributed by atoms with Gasteiger partial charge in [0.25, 0.3) is 5.91 Å². The molecule has 0 spiro atoms. The number of allylic oxidation sites excluding steroid dienone is 1. The Morgan fingerprint density at radius 2 is 1.67 bits per heavy atom. The third kappa shape index (κ3) is 5.35. The predicted octanol–water partition coefficient (Wildman–Crippen LogP) is 4.77. The zero-order valence-corrected chi connectivity index (χ0v) is 17.7. The average molecular weight is 409 g/mol. The van der Waals surface area contributed by atoms with E-state index >= 15 is 0 Å². The summed E-state index contributed by atoms with van der Waals surface area (Å²) in [4.78, 5) is 29.5. The average Bonchev–Trinajstić information content (AvgIpc) is 2.78. The van der Waals surface area contributed by atoms with Crippen LogP contribution in [-0.2, 0) is 4.79 Å². The largest absolute Gasteiger partial charge is 0.338 e. The molecule has 2 amide bonds. The fourth-order valence-corrected chi connectivity index (χ4v) is 3.92. The van der Waals surface area contributed by atoms with E-state index < -0.39 is 0 Å². The number of nitrogens with zero attached hydrogens (tertiary/aromatic N) is 2. The molecule has 2 aromatic rings. The van der Waals surface area contributed by atoms with Crippen LogP contribution < -0.4 is 0 Å². The van der Waals surface area contributed by atoms with Gasteiger partial charge >= 0.3 is 0 Å². The van der Waals surface area contributed by atoms with Crippen molar-refractivity contribution in [2.24, 2.45) is 0 Å². The lowest BCUT2D eigenvalue weighted by molar-refractivity contribution is -0.129. The fourth-order valence-electron chi connectivity index (χ4n) is 3.92. The number of halogens is 1. The minimum Gasteiger partial charge on any atom is -0.338 e. The summed E-state index contributed by atoms with van der Waals surface area (Å²) in [5, 5.41) is 0. The summed E-state index contributed by atoms with van der Waals surface area (Å²) in [6.45, 7) is 5.91. The van der Waals surface area contributed by atoms with Crippen molar-refractivity contribution in [3.05, 3.63) is 77.6 Å². The van der Waals surface area contributed by atoms with Crippen LogP contribution in [0.2, 0.25) is 0 Å². The van der Waals surface area contributed by atoms with E-state index in [-0.39, 0.29) is 23.7 Å². The second kappa shape index (κ2) is 10.2. The Morgan fingerprint density at radius 3 is 2.27 bits per heavy atom. The van der Waals surface area contributed by atoms with E-state index in [1.807, 2.05) is 47.1 Å². The van der Waals surface area contributed by atoms with E-state index in [1.165, 1.54) is 12.1 Å². The SMILES string of the molecule is CCCN(C(=O)/C=C(/C)c1ccc(F)cc1)C1CCN(C(=O)c2ccccc2)CC1. The van der Waals surface area contributed by atoms with Gasteiger partial charge in [0.2, 0.25) is 5.91 Å². The lowest BCUT2D eigenvalue weighted by Gasteiger charge is -2.38. The van der Waals surface area contributed by atoms with Crippen molar-refractivity contribution >= 4 is 17.4 Å². The Balaban J connectivity index is 1.65. The van der Waals surface area contributed by atoms with Crippen LogP contribution in [0.3, 0.4) is 0 Å². The van der Waals surface area contributed by atoms with Crippen LogP contribution in [0.1, 0.15) is 49.0 Å². The van der Waals surface area contributed by atoms with Crippen LogP contribution in [0.15, 0.2) is 60.7 Å². The number of rotatable bonds is 6. The minimum absolute atomic E-state index is 0.0217. The quantitative estimate of drug-likeness (QED) is 0.646. The second-order valence-electron chi connectivity index (χ2n) is 7.76. The minimum atomic E-state index is -0.290. The first-order valence-electron chi connectivity index (χ1n) is 10.6. The van der Waals surface area contributed by atoms with E-state index in [2.05, 4.69) is 6.92 Å². The highest BCUT2D eigenvalue weighted by atomic mass is 19.1. The lowest BCUT2D eigenvalue weighted by Crippen LogP contribution is -2.48. The standard InChI is InChI=1S/C25H29FN2O2/c1-3-15-28(24(29)18-19(2)20-9-11-22(26)12-10-20)23-13-16-27(17-14-23)25(30)21-7-5-4-6-8-21/h4-12,18,23H,3,13-17H2,1-2H3/b19-18-. The highest BCUT2D eigenvalue weighted by Gasteiger charge is 2.29. The summed E-state index contributed by atoms with van der Waals surface area (Å²) >= 11 is 0. The van der Waals surface area contributed by atoms with Crippen molar-refractivity contribution in [2.45, 2.75) is 39.2 Å². The number of likely N-dealkylation sites (tertiary alicyclic amines) is 1. The highest BCUT2D eigenvalue weighted by Crippen LogP contribution is 2.21. The highest BCUT2D eigenvalue weighted by molar-refractivity contribution is 5.95. The zero-order chi connectivity index (χ0) is 21.5. The molecule has 0 bridgehead atoms. The maximum absolute atomic E-state index is 13.2. The number of benzene rings is 2. The first-order chi connectivity index (χ1) is 14.5. The van der Waals surface area contributed by atoms with Gasteiger partial charge in [-0.25, -0.2) is 4.39 Å². The second-order valence-corrected chi connectivity index (χ2v) is 7.76. The molecule has 1 heterocycles. The van der Waals surface area contributed by atoms with E-state index in [0.717, 1.165) is 30.4 Å². The Morgan fingerprint density at radius 1 is 1.03 bits per heavy atom. The molecule has 0 radical (unpaired) electrons. The number of carbonyl (C=O) groups is 2. The van der Waals surface area contributed by atoms with Crippen molar-refractivity contribution in [1.29, 1.82) is 0 Å². The summed E-state index contributed by atoms with van der Waals surface area (Å²) in [6, 6.07) is 15.6. The summed E-state index contributed by atoms with van der Waals surface area (Å²) in [7, 11) is 0. The van der Waals surface area contributed by atoms with Gasteiger partial charge in [0, 0.05) is 37.3 Å². The fraction of sp³-hybridized carbons (Fsp3) is 0.360. The van der Waals surface area contributed by atoms with Gasteiger partial charge in [0.15, 0.2) is 0 Å². The first-order valence-corrected chi connectivity index (χ1v) is 10.6. The molecular weight excluding hydrogens is 379 g/mol. The number of hydrogen-bond acceptors (Lipinski definition) is 2. The molecule has 5 heteroatoms. The summed E-state index contributed by atoms with van der Waals surface area (Å²) < 4.78 is 13.2. The number of amides is 2. The first kappa shape index (κ1) is 21.8. The Hall–Kier alpha value is -2.95. The smallest absolute Gasteiger partial charge is 0.253 e. The van der Waals surface area contributed by atoms with Crippen molar-refractivity contribution in [3.63, 3.8) is 0 Å². The van der Waals surface area contributed by atoms with Crippen LogP contribution in [0.4, 0.5) is 4.39 Å². The molecule has 0 saturated carbocycles. The number of carbonyl (C=O) groups excluding carboxylic acids is 2. The van der Waals surface area contributed by atoms with Crippen molar-refractivity contribution in [3.8, 4) is 0 Å². The van der Waals surface area contributed by atoms with E-state index in [1.54, 1.807) is 18.2 Å². The zero-order valence-electron chi connectivity index (χ0n) is 17.7. The normalized spacial score (nSPS) is 15.2. The molecular formula is C25H29FN2O2. The van der Waals surface area contributed by atoms with Crippen LogP contribution in [0.25, 0.3) is 5.57 Å². The summed E-state index contributed by atoms with van der Waals surface area (Å²) in [6.07, 6.45) is 4.06. The third-order valence-corrected chi connectivity index (χ3v) is 5.60. The van der Waals surface area contributed by atoms with Crippen LogP contribution in [0, 0.1) is 5.82 Å². The monoisotopic (exact) mass is 408 g/mol. The molecule has 1 aliphatic heterocycles. The molecule has 4 nitrogen and oxygen atoms in total. The van der Waals surface area contributed by atoms with Crippen molar-refractivity contribution in [1.82, 2.24) is 9.80 Å². The van der Waals surface area contributed by atoms with Crippen LogP contribution in [0.5, 0.6) is 0 Å². The Labute approximate surface area is 178 Å². The topological polar surface area (TPSA) is 40.6 Å². The summed E-state index contributed by atoms with van der Waals surface area (Å²) in [5.41, 5.74) is 2.36. The molecule has 0 aliphatic carbocycles. The van der Waals surface area contributed by atoms with Gasteiger partial charge in [-0.1, -0.05) is 37.3 Å². The number of piperidine rings is 1. The molecule has 1 saturated heterocycles. The maximum atomic E-state index is 13.2. The van der Waals surface area contributed by atoms with E-state index in [4.69, 9.17) is 0 Å². The maximum Gasteiger partial charge on any atom is 0.253 e. The molecule has 1 aliphatic rings. The van der Waals surface area contributed by atoms with Gasteiger partial charge < -0.3 is 9.80 Å². The van der Waals surface area contributed by atoms with Crippen LogP contribution >= 0.6 is 0 Å². The molecule has 30 heavy (non-hydrogen) atoms. The molecule has 0 atom stereocenters. The van der Waals surface area contributed by atoms with Gasteiger partial charge in [-0.05, 0) is 61.6 Å².